The fraction of sp³-hybridized carbons (Fsp3) is 0.231. The summed E-state index contributed by atoms with van der Waals surface area (Å²) < 4.78 is 10.1. The van der Waals surface area contributed by atoms with E-state index in [1.807, 2.05) is 0 Å². The number of aromatic nitrogens is 1. The maximum Gasteiger partial charge on any atom is 0.376 e. The molecule has 0 saturated heterocycles. The summed E-state index contributed by atoms with van der Waals surface area (Å²) in [6.45, 7) is 3.41. The zero-order valence-electron chi connectivity index (χ0n) is 11.3. The van der Waals surface area contributed by atoms with Crippen LogP contribution in [0.2, 0.25) is 5.02 Å². The number of benzene rings is 1. The third kappa shape index (κ3) is 3.03. The highest BCUT2D eigenvalue weighted by molar-refractivity contribution is 6.30. The first-order valence-electron chi connectivity index (χ1n) is 6.03. The van der Waals surface area contributed by atoms with Crippen LogP contribution >= 0.6 is 11.6 Å². The molecule has 0 aliphatic heterocycles. The number of nitro benzene ring substituents is 1. The van der Waals surface area contributed by atoms with Gasteiger partial charge in [-0.3, -0.25) is 10.1 Å². The number of nitrogens with zero attached hydrogens (tertiary/aromatic N) is 2. The molecule has 1 aromatic heterocycles. The summed E-state index contributed by atoms with van der Waals surface area (Å²) in [4.78, 5) is 26.2. The molecule has 0 bridgehead atoms. The van der Waals surface area contributed by atoms with Gasteiger partial charge in [-0.1, -0.05) is 11.6 Å². The highest BCUT2D eigenvalue weighted by Crippen LogP contribution is 2.32. The minimum absolute atomic E-state index is 0.0288. The van der Waals surface area contributed by atoms with Crippen LogP contribution in [-0.4, -0.2) is 22.5 Å². The lowest BCUT2D eigenvalue weighted by atomic mass is 10.2. The van der Waals surface area contributed by atoms with Crippen molar-refractivity contribution in [1.29, 1.82) is 0 Å². The van der Waals surface area contributed by atoms with E-state index >= 15 is 0 Å². The SMILES string of the molecule is CCOC(=O)c1oc(-c2ccc(Cl)cc2[N+](=O)[O-])nc1C. The van der Waals surface area contributed by atoms with Gasteiger partial charge < -0.3 is 9.15 Å². The quantitative estimate of drug-likeness (QED) is 0.488. The number of hydrogen-bond donors (Lipinski definition) is 0. The van der Waals surface area contributed by atoms with Crippen LogP contribution in [0.3, 0.4) is 0 Å². The number of halogens is 1. The summed E-state index contributed by atoms with van der Waals surface area (Å²) >= 11 is 5.75. The molecule has 0 N–H and O–H groups in total. The van der Waals surface area contributed by atoms with E-state index in [1.165, 1.54) is 18.2 Å². The number of rotatable bonds is 4. The molecule has 8 heteroatoms. The molecule has 0 spiro atoms. The Balaban J connectivity index is 2.51. The second kappa shape index (κ2) is 5.92. The van der Waals surface area contributed by atoms with Crippen molar-refractivity contribution in [2.24, 2.45) is 0 Å². The third-order valence-electron chi connectivity index (χ3n) is 2.64. The number of hydrogen-bond acceptors (Lipinski definition) is 6. The van der Waals surface area contributed by atoms with Crippen molar-refractivity contribution in [3.05, 3.63) is 44.8 Å². The monoisotopic (exact) mass is 310 g/mol. The molecule has 0 amide bonds. The number of carbonyl (C=O) groups is 1. The fourth-order valence-electron chi connectivity index (χ4n) is 1.73. The lowest BCUT2D eigenvalue weighted by molar-refractivity contribution is -0.384. The predicted molar refractivity (Wildman–Crippen MR) is 74.3 cm³/mol. The maximum absolute atomic E-state index is 11.7. The van der Waals surface area contributed by atoms with Gasteiger partial charge >= 0.3 is 5.97 Å². The largest absolute Gasteiger partial charge is 0.460 e. The van der Waals surface area contributed by atoms with E-state index < -0.39 is 10.9 Å². The van der Waals surface area contributed by atoms with Crippen LogP contribution in [0, 0.1) is 17.0 Å². The summed E-state index contributed by atoms with van der Waals surface area (Å²) in [6, 6.07) is 4.09. The molecule has 0 radical (unpaired) electrons. The maximum atomic E-state index is 11.7. The molecule has 0 atom stereocenters. The molecule has 2 aromatic rings. The van der Waals surface area contributed by atoms with Gasteiger partial charge in [0.1, 0.15) is 5.56 Å². The van der Waals surface area contributed by atoms with E-state index in [9.17, 15) is 14.9 Å². The molecule has 110 valence electrons. The zero-order chi connectivity index (χ0) is 15.6. The van der Waals surface area contributed by atoms with Crippen molar-refractivity contribution in [2.75, 3.05) is 6.61 Å². The van der Waals surface area contributed by atoms with E-state index in [4.69, 9.17) is 20.8 Å². The van der Waals surface area contributed by atoms with Crippen LogP contribution in [0.15, 0.2) is 22.6 Å². The molecule has 2 rings (SSSR count). The number of nitro groups is 1. The van der Waals surface area contributed by atoms with Gasteiger partial charge in [0.05, 0.1) is 17.2 Å². The van der Waals surface area contributed by atoms with E-state index in [2.05, 4.69) is 4.98 Å². The van der Waals surface area contributed by atoms with Gasteiger partial charge in [-0.05, 0) is 26.0 Å². The summed E-state index contributed by atoms with van der Waals surface area (Å²) in [5, 5.41) is 11.3. The Morgan fingerprint density at radius 3 is 2.86 bits per heavy atom. The van der Waals surface area contributed by atoms with Gasteiger partial charge in [0.25, 0.3) is 5.69 Å². The third-order valence-corrected chi connectivity index (χ3v) is 2.88. The second-order valence-corrected chi connectivity index (χ2v) is 4.51. The van der Waals surface area contributed by atoms with Crippen LogP contribution in [-0.2, 0) is 4.74 Å². The number of ether oxygens (including phenoxy) is 1. The number of carbonyl (C=O) groups excluding carboxylic acids is 1. The Morgan fingerprint density at radius 2 is 2.24 bits per heavy atom. The number of esters is 1. The standard InChI is InChI=1S/C13H11ClN2O5/c1-3-20-13(17)11-7(2)15-12(21-11)9-5-4-8(14)6-10(9)16(18)19/h4-6H,3H2,1-2H3. The summed E-state index contributed by atoms with van der Waals surface area (Å²) in [5.41, 5.74) is 0.190. The molecular formula is C13H11ClN2O5. The lowest BCUT2D eigenvalue weighted by Crippen LogP contribution is -2.04. The average molecular weight is 311 g/mol. The molecule has 0 aliphatic carbocycles. The topological polar surface area (TPSA) is 95.5 Å². The van der Waals surface area contributed by atoms with E-state index in [0.29, 0.717) is 5.69 Å². The fourth-order valence-corrected chi connectivity index (χ4v) is 1.90. The summed E-state index contributed by atoms with van der Waals surface area (Å²) in [7, 11) is 0. The minimum Gasteiger partial charge on any atom is -0.460 e. The molecule has 7 nitrogen and oxygen atoms in total. The first-order chi connectivity index (χ1) is 9.93. The smallest absolute Gasteiger partial charge is 0.376 e. The Morgan fingerprint density at radius 1 is 1.52 bits per heavy atom. The average Bonchev–Trinajstić information content (AvgIpc) is 2.80. The minimum atomic E-state index is -0.662. The highest BCUT2D eigenvalue weighted by Gasteiger charge is 2.24. The Labute approximate surface area is 124 Å². The van der Waals surface area contributed by atoms with Gasteiger partial charge in [-0.25, -0.2) is 9.78 Å². The number of aryl methyl sites for hydroxylation is 1. The Hall–Kier alpha value is -2.41. The summed E-state index contributed by atoms with van der Waals surface area (Å²) in [5.74, 6) is -0.764. The molecular weight excluding hydrogens is 300 g/mol. The van der Waals surface area contributed by atoms with E-state index in [0.717, 1.165) is 0 Å². The second-order valence-electron chi connectivity index (χ2n) is 4.07. The zero-order valence-corrected chi connectivity index (χ0v) is 12.0. The Kier molecular flexibility index (Phi) is 4.23. The van der Waals surface area contributed by atoms with Crippen molar-refractivity contribution in [2.45, 2.75) is 13.8 Å². The molecule has 0 aliphatic rings. The molecule has 1 aromatic carbocycles. The van der Waals surface area contributed by atoms with Crippen molar-refractivity contribution >= 4 is 23.3 Å². The predicted octanol–water partition coefficient (Wildman–Crippen LogP) is 3.39. The first-order valence-corrected chi connectivity index (χ1v) is 6.40. The van der Waals surface area contributed by atoms with Crippen molar-refractivity contribution in [3.8, 4) is 11.5 Å². The molecule has 1 heterocycles. The normalized spacial score (nSPS) is 10.4. The van der Waals surface area contributed by atoms with Crippen LogP contribution in [0.25, 0.3) is 11.5 Å². The van der Waals surface area contributed by atoms with Gasteiger partial charge in [0.2, 0.25) is 11.7 Å². The van der Waals surface area contributed by atoms with Gasteiger partial charge in [-0.15, -0.1) is 0 Å². The van der Waals surface area contributed by atoms with Crippen LogP contribution < -0.4 is 0 Å². The van der Waals surface area contributed by atoms with Crippen molar-refractivity contribution in [1.82, 2.24) is 4.98 Å². The van der Waals surface area contributed by atoms with E-state index in [-0.39, 0.29) is 34.5 Å². The molecule has 21 heavy (non-hydrogen) atoms. The van der Waals surface area contributed by atoms with Crippen LogP contribution in [0.1, 0.15) is 23.2 Å². The molecule has 0 fully saturated rings. The van der Waals surface area contributed by atoms with E-state index in [1.54, 1.807) is 13.8 Å². The van der Waals surface area contributed by atoms with Gasteiger partial charge in [-0.2, -0.15) is 0 Å². The number of oxazole rings is 1. The summed E-state index contributed by atoms with van der Waals surface area (Å²) in [6.07, 6.45) is 0. The Bertz CT molecular complexity index is 711. The van der Waals surface area contributed by atoms with Crippen LogP contribution in [0.5, 0.6) is 0 Å². The highest BCUT2D eigenvalue weighted by atomic mass is 35.5. The van der Waals surface area contributed by atoms with Gasteiger partial charge in [0.15, 0.2) is 0 Å². The van der Waals surface area contributed by atoms with Crippen molar-refractivity contribution in [3.63, 3.8) is 0 Å². The van der Waals surface area contributed by atoms with Crippen LogP contribution in [0.4, 0.5) is 5.69 Å². The van der Waals surface area contributed by atoms with Gasteiger partial charge in [0, 0.05) is 11.1 Å². The first kappa shape index (κ1) is 15.0. The lowest BCUT2D eigenvalue weighted by Gasteiger charge is -1.99. The molecule has 0 unspecified atom stereocenters. The molecule has 0 saturated carbocycles. The van der Waals surface area contributed by atoms with Crippen molar-refractivity contribution < 1.29 is 18.9 Å².